The maximum absolute atomic E-state index is 4.85. The summed E-state index contributed by atoms with van der Waals surface area (Å²) in [5.74, 6) is 4.30. The smallest absolute Gasteiger partial charge is 0.141 e. The van der Waals surface area contributed by atoms with Crippen LogP contribution < -0.4 is 4.90 Å². The van der Waals surface area contributed by atoms with Crippen molar-refractivity contribution in [2.75, 3.05) is 18.0 Å². The molecule has 25 heavy (non-hydrogen) atoms. The predicted octanol–water partition coefficient (Wildman–Crippen LogP) is 4.31. The van der Waals surface area contributed by atoms with Crippen LogP contribution in [0.5, 0.6) is 0 Å². The van der Waals surface area contributed by atoms with Gasteiger partial charge in [-0.05, 0) is 43.0 Å². The molecule has 1 aliphatic rings. The number of piperidine rings is 1. The Balaban J connectivity index is 1.63. The average Bonchev–Trinajstić information content (AvgIpc) is 3.24. The standard InChI is InChI=1S/C19H25N5S/c1-12(2)10-15-11-25-19-16(15)18(22-13(3)23-19)24-8-4-14(5-9-24)17-20-6-7-21-17/h6-7,11-12,14H,4-5,8-10H2,1-3H3,(H,20,21). The Bertz CT molecular complexity index is 844. The maximum atomic E-state index is 4.85. The molecule has 0 amide bonds. The highest BCUT2D eigenvalue weighted by Crippen LogP contribution is 2.36. The van der Waals surface area contributed by atoms with Gasteiger partial charge in [-0.2, -0.15) is 0 Å². The number of hydrogen-bond acceptors (Lipinski definition) is 5. The minimum absolute atomic E-state index is 0.530. The minimum atomic E-state index is 0.530. The monoisotopic (exact) mass is 355 g/mol. The van der Waals surface area contributed by atoms with Crippen LogP contribution in [0.2, 0.25) is 0 Å². The Morgan fingerprint density at radius 1 is 1.28 bits per heavy atom. The van der Waals surface area contributed by atoms with E-state index in [4.69, 9.17) is 4.98 Å². The summed E-state index contributed by atoms with van der Waals surface area (Å²) in [6.45, 7) is 8.59. The molecule has 0 atom stereocenters. The highest BCUT2D eigenvalue weighted by Gasteiger charge is 2.25. The molecule has 0 spiro atoms. The van der Waals surface area contributed by atoms with Gasteiger partial charge < -0.3 is 9.88 Å². The number of hydrogen-bond donors (Lipinski definition) is 1. The third-order valence-corrected chi connectivity index (χ3v) is 5.85. The number of aryl methyl sites for hydroxylation is 1. The van der Waals surface area contributed by atoms with Crippen molar-refractivity contribution in [3.63, 3.8) is 0 Å². The van der Waals surface area contributed by atoms with Crippen LogP contribution in [0.1, 0.15) is 49.8 Å². The molecule has 0 saturated carbocycles. The van der Waals surface area contributed by atoms with Gasteiger partial charge in [-0.1, -0.05) is 13.8 Å². The lowest BCUT2D eigenvalue weighted by atomic mass is 9.95. The van der Waals surface area contributed by atoms with Crippen LogP contribution in [0.4, 0.5) is 5.82 Å². The van der Waals surface area contributed by atoms with Crippen molar-refractivity contribution in [2.24, 2.45) is 5.92 Å². The van der Waals surface area contributed by atoms with Crippen molar-refractivity contribution in [3.8, 4) is 0 Å². The number of nitrogens with one attached hydrogen (secondary N) is 1. The van der Waals surface area contributed by atoms with Gasteiger partial charge in [0.2, 0.25) is 0 Å². The second kappa shape index (κ2) is 6.75. The molecule has 1 fully saturated rings. The quantitative estimate of drug-likeness (QED) is 0.758. The van der Waals surface area contributed by atoms with E-state index in [1.54, 1.807) is 11.3 Å². The first-order valence-corrected chi connectivity index (χ1v) is 9.98. The summed E-state index contributed by atoms with van der Waals surface area (Å²) in [6, 6.07) is 0. The summed E-state index contributed by atoms with van der Waals surface area (Å²) >= 11 is 1.75. The third kappa shape index (κ3) is 3.27. The number of fused-ring (bicyclic) bond motifs is 1. The van der Waals surface area contributed by atoms with E-state index in [1.165, 1.54) is 10.9 Å². The van der Waals surface area contributed by atoms with Crippen LogP contribution in [0.15, 0.2) is 17.8 Å². The first kappa shape index (κ1) is 16.5. The zero-order valence-corrected chi connectivity index (χ0v) is 15.9. The maximum Gasteiger partial charge on any atom is 0.141 e. The van der Waals surface area contributed by atoms with Crippen molar-refractivity contribution in [2.45, 2.75) is 46.0 Å². The van der Waals surface area contributed by atoms with E-state index in [0.29, 0.717) is 11.8 Å². The van der Waals surface area contributed by atoms with Crippen LogP contribution in [0.25, 0.3) is 10.2 Å². The van der Waals surface area contributed by atoms with Crippen LogP contribution in [0.3, 0.4) is 0 Å². The Labute approximate surface area is 152 Å². The van der Waals surface area contributed by atoms with Crippen molar-refractivity contribution in [1.29, 1.82) is 0 Å². The van der Waals surface area contributed by atoms with Gasteiger partial charge in [-0.15, -0.1) is 11.3 Å². The normalized spacial score (nSPS) is 16.2. The molecule has 1 N–H and O–H groups in total. The number of thiophene rings is 1. The molecule has 0 unspecified atom stereocenters. The van der Waals surface area contributed by atoms with Crippen LogP contribution in [-0.2, 0) is 6.42 Å². The molecule has 4 rings (SSSR count). The van der Waals surface area contributed by atoms with Gasteiger partial charge in [0.25, 0.3) is 0 Å². The first-order chi connectivity index (χ1) is 12.1. The van der Waals surface area contributed by atoms with E-state index in [-0.39, 0.29) is 0 Å². The van der Waals surface area contributed by atoms with E-state index >= 15 is 0 Å². The number of H-pyrrole nitrogens is 1. The molecular weight excluding hydrogens is 330 g/mol. The van der Waals surface area contributed by atoms with Gasteiger partial charge in [-0.25, -0.2) is 15.0 Å². The molecule has 0 bridgehead atoms. The number of anilines is 1. The largest absolute Gasteiger partial charge is 0.356 e. The Morgan fingerprint density at radius 3 is 2.76 bits per heavy atom. The number of aromatic amines is 1. The lowest BCUT2D eigenvalue weighted by molar-refractivity contribution is 0.487. The number of imidazole rings is 1. The van der Waals surface area contributed by atoms with Crippen molar-refractivity contribution in [3.05, 3.63) is 35.0 Å². The fourth-order valence-electron chi connectivity index (χ4n) is 3.77. The topological polar surface area (TPSA) is 57.7 Å². The van der Waals surface area contributed by atoms with E-state index in [1.807, 2.05) is 19.3 Å². The first-order valence-electron chi connectivity index (χ1n) is 9.10. The molecule has 5 nitrogen and oxygen atoms in total. The van der Waals surface area contributed by atoms with Crippen molar-refractivity contribution < 1.29 is 0 Å². The summed E-state index contributed by atoms with van der Waals surface area (Å²) < 4.78 is 0. The van der Waals surface area contributed by atoms with Gasteiger partial charge in [0, 0.05) is 31.4 Å². The summed E-state index contributed by atoms with van der Waals surface area (Å²) in [5, 5.41) is 3.55. The molecule has 4 heterocycles. The molecule has 1 saturated heterocycles. The molecule has 0 radical (unpaired) electrons. The SMILES string of the molecule is Cc1nc(N2CCC(c3ncc[nH]3)CC2)c2c(CC(C)C)csc2n1. The second-order valence-electron chi connectivity index (χ2n) is 7.37. The van der Waals surface area contributed by atoms with E-state index < -0.39 is 0 Å². The van der Waals surface area contributed by atoms with Crippen LogP contribution >= 0.6 is 11.3 Å². The molecule has 3 aromatic heterocycles. The third-order valence-electron chi connectivity index (χ3n) is 4.93. The molecular formula is C19H25N5S. The summed E-state index contributed by atoms with van der Waals surface area (Å²) in [5.41, 5.74) is 1.40. The summed E-state index contributed by atoms with van der Waals surface area (Å²) in [4.78, 5) is 20.8. The molecule has 132 valence electrons. The molecule has 0 aliphatic carbocycles. The zero-order valence-electron chi connectivity index (χ0n) is 15.1. The van der Waals surface area contributed by atoms with Crippen molar-refractivity contribution >= 4 is 27.4 Å². The van der Waals surface area contributed by atoms with E-state index in [0.717, 1.165) is 54.6 Å². The zero-order chi connectivity index (χ0) is 17.4. The van der Waals surface area contributed by atoms with Gasteiger partial charge >= 0.3 is 0 Å². The lowest BCUT2D eigenvalue weighted by Crippen LogP contribution is -2.34. The Morgan fingerprint density at radius 2 is 2.08 bits per heavy atom. The van der Waals surface area contributed by atoms with Gasteiger partial charge in [0.05, 0.1) is 5.39 Å². The number of aromatic nitrogens is 4. The molecule has 1 aliphatic heterocycles. The Kier molecular flexibility index (Phi) is 4.46. The van der Waals surface area contributed by atoms with Crippen molar-refractivity contribution in [1.82, 2.24) is 19.9 Å². The van der Waals surface area contributed by atoms with Gasteiger partial charge in [-0.3, -0.25) is 0 Å². The molecule has 6 heteroatoms. The molecule has 0 aromatic carbocycles. The van der Waals surface area contributed by atoms with Crippen LogP contribution in [0, 0.1) is 12.8 Å². The lowest BCUT2D eigenvalue weighted by Gasteiger charge is -2.32. The highest BCUT2D eigenvalue weighted by atomic mass is 32.1. The fourth-order valence-corrected chi connectivity index (χ4v) is 4.76. The van der Waals surface area contributed by atoms with Gasteiger partial charge in [0.1, 0.15) is 22.3 Å². The summed E-state index contributed by atoms with van der Waals surface area (Å²) in [7, 11) is 0. The minimum Gasteiger partial charge on any atom is -0.356 e. The fraction of sp³-hybridized carbons (Fsp3) is 0.526. The highest BCUT2D eigenvalue weighted by molar-refractivity contribution is 7.17. The second-order valence-corrected chi connectivity index (χ2v) is 8.23. The van der Waals surface area contributed by atoms with E-state index in [9.17, 15) is 0 Å². The van der Waals surface area contributed by atoms with Gasteiger partial charge in [0.15, 0.2) is 0 Å². The van der Waals surface area contributed by atoms with Crippen LogP contribution in [-0.4, -0.2) is 33.0 Å². The number of nitrogens with zero attached hydrogens (tertiary/aromatic N) is 4. The summed E-state index contributed by atoms with van der Waals surface area (Å²) in [6.07, 6.45) is 7.08. The average molecular weight is 356 g/mol. The molecule has 3 aromatic rings. The predicted molar refractivity (Wildman–Crippen MR) is 103 cm³/mol. The number of rotatable bonds is 4. The van der Waals surface area contributed by atoms with E-state index in [2.05, 4.69) is 39.1 Å². The Hall–Kier alpha value is -1.95.